The lowest BCUT2D eigenvalue weighted by Crippen LogP contribution is -2.55. The quantitative estimate of drug-likeness (QED) is 0.210. The van der Waals surface area contributed by atoms with Gasteiger partial charge in [0.25, 0.3) is 0 Å². The maximum atomic E-state index is 13.5. The van der Waals surface area contributed by atoms with Crippen LogP contribution < -0.4 is 27.4 Å². The van der Waals surface area contributed by atoms with Gasteiger partial charge in [0, 0.05) is 38.1 Å². The third-order valence-electron chi connectivity index (χ3n) is 6.33. The topological polar surface area (TPSA) is 173 Å². The standard InChI is InChI=1S/C30H43N5O5S/c1-20(2)15-27(35-30(38)28(33-21(3)36)17-23-7-11-25(19-32)12-8-23)29(37)34-26(13-14-41(4,39)40)16-22-5-9-24(18-31)10-6-22/h5-14,20,26-28H,15-19,31-32H2,1-4H3,(H,33,36)(H,34,37)(H,35,38)/b14-13+/t26-,27+,28+/m1/s1. The molecule has 11 heteroatoms. The molecule has 0 radical (unpaired) electrons. The average Bonchev–Trinajstić information content (AvgIpc) is 2.90. The van der Waals surface area contributed by atoms with Gasteiger partial charge in [-0.15, -0.1) is 0 Å². The minimum Gasteiger partial charge on any atom is -0.348 e. The maximum absolute atomic E-state index is 13.5. The highest BCUT2D eigenvalue weighted by Gasteiger charge is 2.28. The monoisotopic (exact) mass is 585 g/mol. The van der Waals surface area contributed by atoms with Crippen LogP contribution in [0.5, 0.6) is 0 Å². The zero-order valence-electron chi connectivity index (χ0n) is 24.2. The number of benzene rings is 2. The van der Waals surface area contributed by atoms with E-state index < -0.39 is 39.8 Å². The number of carbonyl (C=O) groups excluding carboxylic acids is 3. The molecule has 10 nitrogen and oxygen atoms in total. The van der Waals surface area contributed by atoms with E-state index in [1.807, 2.05) is 62.4 Å². The van der Waals surface area contributed by atoms with Crippen LogP contribution >= 0.6 is 0 Å². The van der Waals surface area contributed by atoms with E-state index in [-0.39, 0.29) is 18.2 Å². The minimum absolute atomic E-state index is 0.0582. The van der Waals surface area contributed by atoms with E-state index in [0.29, 0.717) is 25.9 Å². The van der Waals surface area contributed by atoms with Crippen LogP contribution in [0.3, 0.4) is 0 Å². The molecule has 0 bridgehead atoms. The molecule has 224 valence electrons. The van der Waals surface area contributed by atoms with Crippen molar-refractivity contribution in [1.29, 1.82) is 0 Å². The Kier molecular flexibility index (Phi) is 13.2. The van der Waals surface area contributed by atoms with Gasteiger partial charge in [-0.1, -0.05) is 68.5 Å². The summed E-state index contributed by atoms with van der Waals surface area (Å²) >= 11 is 0. The van der Waals surface area contributed by atoms with Crippen LogP contribution in [0.4, 0.5) is 0 Å². The molecule has 0 heterocycles. The molecular formula is C30H43N5O5S. The first-order valence-electron chi connectivity index (χ1n) is 13.6. The number of hydrogen-bond acceptors (Lipinski definition) is 7. The lowest BCUT2D eigenvalue weighted by atomic mass is 9.99. The van der Waals surface area contributed by atoms with Crippen molar-refractivity contribution in [3.8, 4) is 0 Å². The van der Waals surface area contributed by atoms with Gasteiger partial charge >= 0.3 is 0 Å². The number of carbonyl (C=O) groups is 3. The number of rotatable bonds is 15. The van der Waals surface area contributed by atoms with E-state index in [1.54, 1.807) is 0 Å². The van der Waals surface area contributed by atoms with Crippen molar-refractivity contribution < 1.29 is 22.8 Å². The Morgan fingerprint density at radius 1 is 0.756 bits per heavy atom. The molecule has 0 aliphatic carbocycles. The van der Waals surface area contributed by atoms with Crippen molar-refractivity contribution >= 4 is 27.6 Å². The highest BCUT2D eigenvalue weighted by Crippen LogP contribution is 2.12. The van der Waals surface area contributed by atoms with Crippen LogP contribution in [-0.2, 0) is 50.2 Å². The zero-order chi connectivity index (χ0) is 30.6. The first kappa shape index (κ1) is 33.7. The average molecular weight is 586 g/mol. The Balaban J connectivity index is 2.25. The molecule has 2 aromatic rings. The van der Waals surface area contributed by atoms with E-state index in [2.05, 4.69) is 16.0 Å². The molecule has 7 N–H and O–H groups in total. The van der Waals surface area contributed by atoms with Crippen molar-refractivity contribution in [2.45, 2.75) is 71.2 Å². The number of sulfone groups is 1. The smallest absolute Gasteiger partial charge is 0.243 e. The second-order valence-electron chi connectivity index (χ2n) is 10.7. The highest BCUT2D eigenvalue weighted by molar-refractivity contribution is 7.93. The van der Waals surface area contributed by atoms with Gasteiger partial charge < -0.3 is 27.4 Å². The minimum atomic E-state index is -3.44. The summed E-state index contributed by atoms with van der Waals surface area (Å²) < 4.78 is 23.6. The Morgan fingerprint density at radius 2 is 1.22 bits per heavy atom. The molecule has 3 atom stereocenters. The predicted octanol–water partition coefficient (Wildman–Crippen LogP) is 1.47. The van der Waals surface area contributed by atoms with Crippen LogP contribution in [0.15, 0.2) is 60.0 Å². The molecule has 0 fully saturated rings. The highest BCUT2D eigenvalue weighted by atomic mass is 32.2. The molecule has 2 aromatic carbocycles. The van der Waals surface area contributed by atoms with Gasteiger partial charge in [0.05, 0.1) is 6.04 Å². The second kappa shape index (κ2) is 16.0. The molecule has 0 aliphatic rings. The fourth-order valence-corrected chi connectivity index (χ4v) is 4.71. The largest absolute Gasteiger partial charge is 0.348 e. The van der Waals surface area contributed by atoms with Gasteiger partial charge in [0.1, 0.15) is 12.1 Å². The molecule has 3 amide bonds. The van der Waals surface area contributed by atoms with Gasteiger partial charge in [-0.25, -0.2) is 8.42 Å². The van der Waals surface area contributed by atoms with Crippen LogP contribution in [0.1, 0.15) is 49.4 Å². The van der Waals surface area contributed by atoms with Crippen molar-refractivity contribution in [2.24, 2.45) is 17.4 Å². The van der Waals surface area contributed by atoms with E-state index in [9.17, 15) is 22.8 Å². The van der Waals surface area contributed by atoms with Gasteiger partial charge in [-0.05, 0) is 41.0 Å². The molecule has 2 rings (SSSR count). The maximum Gasteiger partial charge on any atom is 0.243 e. The van der Waals surface area contributed by atoms with Crippen molar-refractivity contribution in [1.82, 2.24) is 16.0 Å². The summed E-state index contributed by atoms with van der Waals surface area (Å²) in [6, 6.07) is 12.5. The fourth-order valence-electron chi connectivity index (χ4n) is 4.23. The summed E-state index contributed by atoms with van der Waals surface area (Å²) in [5.74, 6) is -1.27. The Labute approximate surface area is 243 Å². The van der Waals surface area contributed by atoms with E-state index in [1.165, 1.54) is 13.0 Å². The number of amides is 3. The lowest BCUT2D eigenvalue weighted by Gasteiger charge is -2.26. The van der Waals surface area contributed by atoms with Gasteiger partial charge in [-0.3, -0.25) is 14.4 Å². The lowest BCUT2D eigenvalue weighted by molar-refractivity contribution is -0.132. The molecule has 41 heavy (non-hydrogen) atoms. The molecule has 0 aromatic heterocycles. The number of nitrogens with one attached hydrogen (secondary N) is 3. The van der Waals surface area contributed by atoms with E-state index in [0.717, 1.165) is 33.9 Å². The first-order chi connectivity index (χ1) is 19.3. The summed E-state index contributed by atoms with van der Waals surface area (Å²) in [6.45, 7) is 5.97. The Morgan fingerprint density at radius 3 is 1.66 bits per heavy atom. The molecule has 0 unspecified atom stereocenters. The van der Waals surface area contributed by atoms with Crippen molar-refractivity contribution in [3.05, 3.63) is 82.3 Å². The molecule has 0 saturated heterocycles. The van der Waals surface area contributed by atoms with Crippen molar-refractivity contribution in [2.75, 3.05) is 6.26 Å². The van der Waals surface area contributed by atoms with E-state index in [4.69, 9.17) is 11.5 Å². The molecule has 0 aliphatic heterocycles. The third-order valence-corrected chi connectivity index (χ3v) is 6.98. The van der Waals surface area contributed by atoms with Crippen LogP contribution in [0, 0.1) is 5.92 Å². The first-order valence-corrected chi connectivity index (χ1v) is 15.6. The van der Waals surface area contributed by atoms with Crippen LogP contribution in [0.25, 0.3) is 0 Å². The van der Waals surface area contributed by atoms with Gasteiger partial charge in [0.15, 0.2) is 9.84 Å². The van der Waals surface area contributed by atoms with Gasteiger partial charge in [0.2, 0.25) is 17.7 Å². The Hall–Kier alpha value is -3.54. The summed E-state index contributed by atoms with van der Waals surface area (Å²) in [5, 5.41) is 9.44. The fraction of sp³-hybridized carbons (Fsp3) is 0.433. The van der Waals surface area contributed by atoms with Crippen LogP contribution in [0.2, 0.25) is 0 Å². The van der Waals surface area contributed by atoms with Gasteiger partial charge in [-0.2, -0.15) is 0 Å². The number of hydrogen-bond donors (Lipinski definition) is 5. The zero-order valence-corrected chi connectivity index (χ0v) is 25.0. The summed E-state index contributed by atoms with van der Waals surface area (Å²) in [4.78, 5) is 38.8. The normalized spacial score (nSPS) is 13.9. The summed E-state index contributed by atoms with van der Waals surface area (Å²) in [7, 11) is -3.44. The number of nitrogens with two attached hydrogens (primary N) is 2. The predicted molar refractivity (Wildman–Crippen MR) is 161 cm³/mol. The molecular weight excluding hydrogens is 542 g/mol. The summed E-state index contributed by atoms with van der Waals surface area (Å²) in [6.07, 6.45) is 3.40. The SMILES string of the molecule is CC(=O)N[C@@H](Cc1ccc(CN)cc1)C(=O)N[C@@H](CC(C)C)C(=O)N[C@H](/C=C/S(C)(=O)=O)Cc1ccc(CN)cc1. The molecule has 0 spiro atoms. The van der Waals surface area contributed by atoms with Crippen LogP contribution in [-0.4, -0.2) is 50.5 Å². The van der Waals surface area contributed by atoms with Crippen molar-refractivity contribution in [3.63, 3.8) is 0 Å². The summed E-state index contributed by atoms with van der Waals surface area (Å²) in [5.41, 5.74) is 14.9. The Bertz CT molecular complexity index is 1290. The van der Waals surface area contributed by atoms with E-state index >= 15 is 0 Å². The third kappa shape index (κ3) is 12.7. The molecule has 0 saturated carbocycles. The second-order valence-corrected chi connectivity index (χ2v) is 12.6.